The number of aromatic nitrogens is 2. The number of imidazole rings is 1. The molecular weight excluding hydrogens is 280 g/mol. The zero-order valence-electron chi connectivity index (χ0n) is 12.2. The fourth-order valence-corrected chi connectivity index (χ4v) is 2.42. The molecule has 0 saturated carbocycles. The average molecular weight is 294 g/mol. The first kappa shape index (κ1) is 14.0. The fraction of sp³-hybridized carbons (Fsp3) is 0.118. The second-order valence-corrected chi connectivity index (χ2v) is 4.87. The van der Waals surface area contributed by atoms with Gasteiger partial charge < -0.3 is 4.74 Å². The first-order chi connectivity index (χ1) is 10.6. The molecule has 0 fully saturated rings. The van der Waals surface area contributed by atoms with Crippen LogP contribution in [0.5, 0.6) is 5.75 Å². The summed E-state index contributed by atoms with van der Waals surface area (Å²) in [6, 6.07) is 14.4. The van der Waals surface area contributed by atoms with Gasteiger partial charge in [0, 0.05) is 13.8 Å². The van der Waals surface area contributed by atoms with Gasteiger partial charge >= 0.3 is 5.97 Å². The van der Waals surface area contributed by atoms with E-state index in [1.807, 2.05) is 30.3 Å². The van der Waals surface area contributed by atoms with Crippen molar-refractivity contribution in [2.45, 2.75) is 13.8 Å². The molecule has 0 spiro atoms. The minimum absolute atomic E-state index is 0.152. The minimum atomic E-state index is -0.419. The van der Waals surface area contributed by atoms with Gasteiger partial charge in [-0.15, -0.1) is 0 Å². The van der Waals surface area contributed by atoms with Gasteiger partial charge in [0.05, 0.1) is 16.6 Å². The number of hydrogen-bond acceptors (Lipinski definition) is 4. The van der Waals surface area contributed by atoms with Gasteiger partial charge in [-0.2, -0.15) is 0 Å². The Morgan fingerprint density at radius 1 is 1.00 bits per heavy atom. The van der Waals surface area contributed by atoms with Crippen molar-refractivity contribution in [2.75, 3.05) is 0 Å². The predicted molar refractivity (Wildman–Crippen MR) is 82.8 cm³/mol. The smallest absolute Gasteiger partial charge is 0.308 e. The van der Waals surface area contributed by atoms with Gasteiger partial charge in [0.25, 0.3) is 0 Å². The Hall–Kier alpha value is -2.95. The van der Waals surface area contributed by atoms with Crippen LogP contribution in [0.3, 0.4) is 0 Å². The van der Waals surface area contributed by atoms with Crippen LogP contribution in [0.4, 0.5) is 0 Å². The molecule has 0 bridgehead atoms. The zero-order chi connectivity index (χ0) is 15.7. The van der Waals surface area contributed by atoms with Gasteiger partial charge in [0.2, 0.25) is 5.91 Å². The summed E-state index contributed by atoms with van der Waals surface area (Å²) in [4.78, 5) is 27.9. The Labute approximate surface area is 127 Å². The molecule has 0 radical (unpaired) electrons. The molecule has 5 heteroatoms. The lowest BCUT2D eigenvalue weighted by molar-refractivity contribution is -0.131. The van der Waals surface area contributed by atoms with Crippen molar-refractivity contribution in [3.05, 3.63) is 48.5 Å². The van der Waals surface area contributed by atoms with E-state index in [1.54, 1.807) is 18.2 Å². The maximum Gasteiger partial charge on any atom is 0.308 e. The summed E-state index contributed by atoms with van der Waals surface area (Å²) < 4.78 is 6.75. The average Bonchev–Trinajstić information content (AvgIpc) is 2.86. The molecule has 3 aromatic rings. The molecule has 1 heterocycles. The van der Waals surface area contributed by atoms with Crippen LogP contribution in [0, 0.1) is 0 Å². The van der Waals surface area contributed by atoms with Crippen LogP contribution in [0.25, 0.3) is 22.4 Å². The highest BCUT2D eigenvalue weighted by Crippen LogP contribution is 2.31. The van der Waals surface area contributed by atoms with E-state index in [1.165, 1.54) is 18.4 Å². The fourth-order valence-electron chi connectivity index (χ4n) is 2.42. The van der Waals surface area contributed by atoms with Gasteiger partial charge in [0.15, 0.2) is 5.82 Å². The number of ether oxygens (including phenoxy) is 1. The molecule has 0 atom stereocenters. The highest BCUT2D eigenvalue weighted by Gasteiger charge is 2.18. The van der Waals surface area contributed by atoms with E-state index in [4.69, 9.17) is 4.74 Å². The summed E-state index contributed by atoms with van der Waals surface area (Å²) in [5.74, 6) is 0.276. The molecule has 2 aromatic carbocycles. The SMILES string of the molecule is CC(=O)Oc1ccccc1-c1nc2ccccc2n1C(C)=O. The van der Waals surface area contributed by atoms with Gasteiger partial charge in [-0.3, -0.25) is 14.2 Å². The van der Waals surface area contributed by atoms with Crippen LogP contribution < -0.4 is 4.74 Å². The number of fused-ring (bicyclic) bond motifs is 1. The minimum Gasteiger partial charge on any atom is -0.426 e. The monoisotopic (exact) mass is 294 g/mol. The van der Waals surface area contributed by atoms with Crippen LogP contribution in [-0.2, 0) is 4.79 Å². The first-order valence-corrected chi connectivity index (χ1v) is 6.84. The van der Waals surface area contributed by atoms with E-state index in [-0.39, 0.29) is 5.91 Å². The summed E-state index contributed by atoms with van der Waals surface area (Å²) in [6.45, 7) is 2.82. The van der Waals surface area contributed by atoms with Crippen LogP contribution in [0.15, 0.2) is 48.5 Å². The number of rotatable bonds is 2. The van der Waals surface area contributed by atoms with Crippen LogP contribution >= 0.6 is 0 Å². The lowest BCUT2D eigenvalue weighted by Crippen LogP contribution is -2.09. The standard InChI is InChI=1S/C17H14N2O3/c1-11(20)19-15-9-5-4-8-14(15)18-17(19)13-7-3-6-10-16(13)22-12(2)21/h3-10H,1-2H3. The van der Waals surface area contributed by atoms with E-state index in [0.717, 1.165) is 5.52 Å². The van der Waals surface area contributed by atoms with Crippen LogP contribution in [0.1, 0.15) is 18.6 Å². The van der Waals surface area contributed by atoms with Crippen molar-refractivity contribution in [3.8, 4) is 17.1 Å². The van der Waals surface area contributed by atoms with Crippen molar-refractivity contribution in [3.63, 3.8) is 0 Å². The molecule has 1 aromatic heterocycles. The topological polar surface area (TPSA) is 61.2 Å². The van der Waals surface area contributed by atoms with E-state index in [0.29, 0.717) is 22.7 Å². The van der Waals surface area contributed by atoms with Crippen molar-refractivity contribution in [1.29, 1.82) is 0 Å². The van der Waals surface area contributed by atoms with E-state index in [2.05, 4.69) is 4.98 Å². The zero-order valence-corrected chi connectivity index (χ0v) is 12.2. The third kappa shape index (κ3) is 2.37. The molecule has 22 heavy (non-hydrogen) atoms. The number of para-hydroxylation sites is 3. The molecule has 0 amide bonds. The number of carbonyl (C=O) groups excluding carboxylic acids is 2. The van der Waals surface area contributed by atoms with Crippen molar-refractivity contribution < 1.29 is 14.3 Å². The number of hydrogen-bond donors (Lipinski definition) is 0. The molecule has 0 aliphatic rings. The molecule has 0 aliphatic carbocycles. The Balaban J connectivity index is 2.29. The quantitative estimate of drug-likeness (QED) is 0.537. The highest BCUT2D eigenvalue weighted by atomic mass is 16.5. The molecule has 0 aliphatic heterocycles. The number of nitrogens with zero attached hydrogens (tertiary/aromatic N) is 2. The van der Waals surface area contributed by atoms with Crippen molar-refractivity contribution >= 4 is 22.9 Å². The van der Waals surface area contributed by atoms with Crippen LogP contribution in [0.2, 0.25) is 0 Å². The summed E-state index contributed by atoms with van der Waals surface area (Å²) in [7, 11) is 0. The normalized spacial score (nSPS) is 10.6. The molecule has 110 valence electrons. The second-order valence-electron chi connectivity index (χ2n) is 4.87. The number of esters is 1. The Morgan fingerprint density at radius 3 is 2.41 bits per heavy atom. The van der Waals surface area contributed by atoms with Crippen molar-refractivity contribution in [1.82, 2.24) is 9.55 Å². The molecule has 3 rings (SSSR count). The second kappa shape index (κ2) is 5.44. The molecule has 0 N–H and O–H groups in total. The van der Waals surface area contributed by atoms with E-state index < -0.39 is 5.97 Å². The summed E-state index contributed by atoms with van der Waals surface area (Å²) in [5, 5.41) is 0. The molecule has 0 unspecified atom stereocenters. The first-order valence-electron chi connectivity index (χ1n) is 6.84. The van der Waals surface area contributed by atoms with E-state index in [9.17, 15) is 9.59 Å². The third-order valence-electron chi connectivity index (χ3n) is 3.26. The van der Waals surface area contributed by atoms with Gasteiger partial charge in [-0.05, 0) is 24.3 Å². The number of benzene rings is 2. The number of carbonyl (C=O) groups is 2. The van der Waals surface area contributed by atoms with Crippen LogP contribution in [-0.4, -0.2) is 21.4 Å². The van der Waals surface area contributed by atoms with Gasteiger partial charge in [0.1, 0.15) is 5.75 Å². The highest BCUT2D eigenvalue weighted by molar-refractivity contribution is 5.94. The Morgan fingerprint density at radius 2 is 1.68 bits per heavy atom. The molecule has 0 saturated heterocycles. The summed E-state index contributed by atoms with van der Waals surface area (Å²) in [5.41, 5.74) is 2.04. The maximum absolute atomic E-state index is 12.1. The third-order valence-corrected chi connectivity index (χ3v) is 3.26. The lowest BCUT2D eigenvalue weighted by Gasteiger charge is -2.09. The maximum atomic E-state index is 12.1. The largest absolute Gasteiger partial charge is 0.426 e. The molecule has 5 nitrogen and oxygen atoms in total. The Kier molecular flexibility index (Phi) is 3.47. The Bertz CT molecular complexity index is 880. The van der Waals surface area contributed by atoms with Crippen molar-refractivity contribution in [2.24, 2.45) is 0 Å². The van der Waals surface area contributed by atoms with E-state index >= 15 is 0 Å². The van der Waals surface area contributed by atoms with Gasteiger partial charge in [-0.25, -0.2) is 4.98 Å². The van der Waals surface area contributed by atoms with Gasteiger partial charge in [-0.1, -0.05) is 24.3 Å². The molecular formula is C17H14N2O3. The lowest BCUT2D eigenvalue weighted by atomic mass is 10.2. The summed E-state index contributed by atoms with van der Waals surface area (Å²) in [6.07, 6.45) is 0. The predicted octanol–water partition coefficient (Wildman–Crippen LogP) is 3.29. The summed E-state index contributed by atoms with van der Waals surface area (Å²) >= 11 is 0.